The molecule has 2 aliphatic rings. The van der Waals surface area contributed by atoms with E-state index in [0.29, 0.717) is 0 Å². The van der Waals surface area contributed by atoms with E-state index in [4.69, 9.17) is 9.47 Å². The molecule has 0 aromatic heterocycles. The van der Waals surface area contributed by atoms with Crippen LogP contribution in [0.1, 0.15) is 49.0 Å². The minimum atomic E-state index is -0.439. The lowest BCUT2D eigenvalue weighted by Gasteiger charge is -2.36. The number of hydrogen-bond donors (Lipinski definition) is 1. The summed E-state index contributed by atoms with van der Waals surface area (Å²) in [7, 11) is 1.80. The fourth-order valence-corrected chi connectivity index (χ4v) is 5.15. The molecule has 2 heterocycles. The van der Waals surface area contributed by atoms with Crippen molar-refractivity contribution in [1.82, 2.24) is 14.7 Å². The molecule has 192 valence electrons. The van der Waals surface area contributed by atoms with Gasteiger partial charge in [0.2, 0.25) is 0 Å². The first-order valence-electron chi connectivity index (χ1n) is 13.4. The molecule has 2 fully saturated rings. The van der Waals surface area contributed by atoms with Crippen molar-refractivity contribution in [3.8, 4) is 5.75 Å². The molecule has 4 rings (SSSR count). The van der Waals surface area contributed by atoms with E-state index in [1.807, 2.05) is 30.3 Å². The van der Waals surface area contributed by atoms with E-state index in [9.17, 15) is 5.11 Å². The van der Waals surface area contributed by atoms with E-state index in [-0.39, 0.29) is 6.10 Å². The highest BCUT2D eigenvalue weighted by molar-refractivity contribution is 5.28. The number of nitrogens with zero attached hydrogens (tertiary/aromatic N) is 3. The normalized spacial score (nSPS) is 19.9. The molecule has 2 saturated heterocycles. The highest BCUT2D eigenvalue weighted by Crippen LogP contribution is 2.22. The summed E-state index contributed by atoms with van der Waals surface area (Å²) < 4.78 is 11.7. The summed E-state index contributed by atoms with van der Waals surface area (Å²) >= 11 is 0. The van der Waals surface area contributed by atoms with Crippen LogP contribution in [0.4, 0.5) is 0 Å². The fourth-order valence-electron chi connectivity index (χ4n) is 5.15. The molecule has 2 aromatic carbocycles. The van der Waals surface area contributed by atoms with Gasteiger partial charge < -0.3 is 19.5 Å². The van der Waals surface area contributed by atoms with E-state index < -0.39 is 6.10 Å². The largest absolute Gasteiger partial charge is 0.492 e. The molecule has 2 aliphatic heterocycles. The molecule has 6 nitrogen and oxygen atoms in total. The van der Waals surface area contributed by atoms with Crippen LogP contribution in [0.3, 0.4) is 0 Å². The average Bonchev–Trinajstić information content (AvgIpc) is 2.92. The first-order chi connectivity index (χ1) is 17.2. The highest BCUT2D eigenvalue weighted by atomic mass is 16.5. The molecule has 2 atom stereocenters. The average molecular weight is 482 g/mol. The number of rotatable bonds is 12. The van der Waals surface area contributed by atoms with Crippen molar-refractivity contribution in [2.75, 3.05) is 72.6 Å². The monoisotopic (exact) mass is 481 g/mol. The Labute approximate surface area is 211 Å². The van der Waals surface area contributed by atoms with Crippen LogP contribution >= 0.6 is 0 Å². The van der Waals surface area contributed by atoms with Gasteiger partial charge in [0.1, 0.15) is 12.4 Å². The molecule has 2 aromatic rings. The molecular formula is C29H43N3O3. The summed E-state index contributed by atoms with van der Waals surface area (Å²) in [6, 6.07) is 18.5. The second kappa shape index (κ2) is 14.0. The van der Waals surface area contributed by atoms with Crippen molar-refractivity contribution in [3.63, 3.8) is 0 Å². The van der Waals surface area contributed by atoms with Gasteiger partial charge in [-0.1, -0.05) is 48.9 Å². The van der Waals surface area contributed by atoms with E-state index >= 15 is 0 Å². The third-order valence-electron chi connectivity index (χ3n) is 7.45. The van der Waals surface area contributed by atoms with Crippen LogP contribution in [0.5, 0.6) is 5.75 Å². The molecule has 0 saturated carbocycles. The first-order valence-corrected chi connectivity index (χ1v) is 13.4. The van der Waals surface area contributed by atoms with Crippen LogP contribution < -0.4 is 4.74 Å². The molecule has 0 amide bonds. The van der Waals surface area contributed by atoms with Gasteiger partial charge in [0, 0.05) is 52.9 Å². The Balaban J connectivity index is 1.13. The molecule has 1 N–H and O–H groups in total. The lowest BCUT2D eigenvalue weighted by molar-refractivity contribution is 0.0387. The number of aliphatic hydroxyl groups is 1. The maximum Gasteiger partial charge on any atom is 0.119 e. The van der Waals surface area contributed by atoms with Crippen LogP contribution in [0.25, 0.3) is 0 Å². The van der Waals surface area contributed by atoms with Gasteiger partial charge in [0.15, 0.2) is 0 Å². The number of piperazine rings is 1. The molecule has 0 aliphatic carbocycles. The van der Waals surface area contributed by atoms with Gasteiger partial charge >= 0.3 is 0 Å². The number of hydrogen-bond acceptors (Lipinski definition) is 6. The van der Waals surface area contributed by atoms with Crippen LogP contribution in [-0.4, -0.2) is 92.4 Å². The number of benzene rings is 2. The van der Waals surface area contributed by atoms with Gasteiger partial charge in [-0.2, -0.15) is 0 Å². The number of likely N-dealkylation sites (tertiary alicyclic amines) is 1. The maximum absolute atomic E-state index is 10.7. The van der Waals surface area contributed by atoms with Gasteiger partial charge in [0.25, 0.3) is 0 Å². The second-order valence-electron chi connectivity index (χ2n) is 9.90. The SMILES string of the molecule is COC(CN1CCN(CCC(O)c2ccc(OCCN3CCCCC3)cc2)CC1)c1ccccc1. The number of aliphatic hydroxyl groups excluding tert-OH is 1. The summed E-state index contributed by atoms with van der Waals surface area (Å²) in [6.07, 6.45) is 4.41. The third-order valence-corrected chi connectivity index (χ3v) is 7.45. The lowest BCUT2D eigenvalue weighted by Crippen LogP contribution is -2.47. The molecular weight excluding hydrogens is 438 g/mol. The molecule has 0 radical (unpaired) electrons. The smallest absolute Gasteiger partial charge is 0.119 e. The Morgan fingerprint density at radius 1 is 0.743 bits per heavy atom. The predicted molar refractivity (Wildman–Crippen MR) is 141 cm³/mol. The van der Waals surface area contributed by atoms with Gasteiger partial charge in [-0.15, -0.1) is 0 Å². The van der Waals surface area contributed by atoms with E-state index in [1.165, 1.54) is 37.9 Å². The molecule has 2 unspecified atom stereocenters. The van der Waals surface area contributed by atoms with Gasteiger partial charge in [-0.05, 0) is 55.6 Å². The van der Waals surface area contributed by atoms with E-state index in [1.54, 1.807) is 7.11 Å². The zero-order chi connectivity index (χ0) is 24.3. The van der Waals surface area contributed by atoms with Crippen LogP contribution in [0.2, 0.25) is 0 Å². The predicted octanol–water partition coefficient (Wildman–Crippen LogP) is 3.98. The Hall–Kier alpha value is -1.96. The Morgan fingerprint density at radius 2 is 1.40 bits per heavy atom. The molecule has 35 heavy (non-hydrogen) atoms. The molecule has 0 bridgehead atoms. The standard InChI is InChI=1S/C29H43N3O3/c1-34-29(26-8-4-2-5-9-26)24-32-20-18-31(19-21-32)17-14-28(33)25-10-12-27(13-11-25)35-23-22-30-15-6-3-7-16-30/h2,4-5,8-13,28-29,33H,3,6-7,14-24H2,1H3. The van der Waals surface area contributed by atoms with Gasteiger partial charge in [0.05, 0.1) is 12.2 Å². The third kappa shape index (κ3) is 8.29. The highest BCUT2D eigenvalue weighted by Gasteiger charge is 2.21. The van der Waals surface area contributed by atoms with E-state index in [0.717, 1.165) is 70.2 Å². The summed E-state index contributed by atoms with van der Waals surface area (Å²) in [4.78, 5) is 7.43. The minimum Gasteiger partial charge on any atom is -0.492 e. The number of ether oxygens (including phenoxy) is 2. The van der Waals surface area contributed by atoms with Crippen LogP contribution in [0, 0.1) is 0 Å². The zero-order valence-electron chi connectivity index (χ0n) is 21.4. The van der Waals surface area contributed by atoms with E-state index in [2.05, 4.69) is 39.0 Å². The van der Waals surface area contributed by atoms with Crippen molar-refractivity contribution in [2.24, 2.45) is 0 Å². The van der Waals surface area contributed by atoms with Gasteiger partial charge in [-0.25, -0.2) is 0 Å². The topological polar surface area (TPSA) is 48.4 Å². The second-order valence-corrected chi connectivity index (χ2v) is 9.90. The minimum absolute atomic E-state index is 0.112. The Morgan fingerprint density at radius 3 is 2.09 bits per heavy atom. The van der Waals surface area contributed by atoms with Crippen molar-refractivity contribution < 1.29 is 14.6 Å². The summed E-state index contributed by atoms with van der Waals surface area (Å²) in [5.74, 6) is 0.888. The first kappa shape index (κ1) is 26.1. The summed E-state index contributed by atoms with van der Waals surface area (Å²) in [5, 5.41) is 10.7. The lowest BCUT2D eigenvalue weighted by atomic mass is 10.1. The van der Waals surface area contributed by atoms with Crippen molar-refractivity contribution >= 4 is 0 Å². The Bertz CT molecular complexity index is 834. The van der Waals surface area contributed by atoms with Crippen LogP contribution in [0.15, 0.2) is 54.6 Å². The maximum atomic E-state index is 10.7. The fraction of sp³-hybridized carbons (Fsp3) is 0.586. The van der Waals surface area contributed by atoms with Crippen molar-refractivity contribution in [2.45, 2.75) is 37.9 Å². The zero-order valence-corrected chi connectivity index (χ0v) is 21.4. The van der Waals surface area contributed by atoms with Crippen LogP contribution in [-0.2, 0) is 4.74 Å². The Kier molecular flexibility index (Phi) is 10.4. The molecule has 6 heteroatoms. The van der Waals surface area contributed by atoms with Gasteiger partial charge in [-0.3, -0.25) is 9.80 Å². The number of methoxy groups -OCH3 is 1. The summed E-state index contributed by atoms with van der Waals surface area (Å²) in [5.41, 5.74) is 2.21. The number of piperidine rings is 1. The van der Waals surface area contributed by atoms with Crippen molar-refractivity contribution in [3.05, 3.63) is 65.7 Å². The van der Waals surface area contributed by atoms with Crippen molar-refractivity contribution in [1.29, 1.82) is 0 Å². The quantitative estimate of drug-likeness (QED) is 0.495. The molecule has 0 spiro atoms. The summed E-state index contributed by atoms with van der Waals surface area (Å²) in [6.45, 7) is 10.1.